The van der Waals surface area contributed by atoms with E-state index in [-0.39, 0.29) is 52.8 Å². The molecule has 0 aromatic rings. The number of likely N-dealkylation sites (tertiary alicyclic amines) is 2. The van der Waals surface area contributed by atoms with E-state index in [0.29, 0.717) is 5.92 Å². The normalized spacial score (nSPS) is 37.7. The van der Waals surface area contributed by atoms with Crippen LogP contribution < -0.4 is 0 Å². The molecule has 0 N–H and O–H groups in total. The van der Waals surface area contributed by atoms with Gasteiger partial charge in [-0.2, -0.15) is 0 Å². The summed E-state index contributed by atoms with van der Waals surface area (Å²) in [6, 6.07) is 0. The van der Waals surface area contributed by atoms with E-state index in [4.69, 9.17) is 18.9 Å². The Morgan fingerprint density at radius 3 is 2.42 bits per heavy atom. The zero-order valence-electron chi connectivity index (χ0n) is 24.3. The minimum atomic E-state index is -0.333. The number of allylic oxidation sites excluding steroid dienone is 1. The van der Waals surface area contributed by atoms with Crippen LogP contribution in [0.4, 0.5) is 4.79 Å². The van der Waals surface area contributed by atoms with Gasteiger partial charge in [-0.15, -0.1) is 0 Å². The maximum Gasteiger partial charge on any atom is 0.410 e. The van der Waals surface area contributed by atoms with Crippen molar-refractivity contribution in [3.05, 3.63) is 11.6 Å². The van der Waals surface area contributed by atoms with Crippen LogP contribution in [0.15, 0.2) is 11.6 Å². The molecule has 4 aliphatic heterocycles. The molecule has 2 amide bonds. The number of carbonyl (C=O) groups excluding carboxylic acids is 2. The molecule has 38 heavy (non-hydrogen) atoms. The van der Waals surface area contributed by atoms with E-state index in [0.717, 1.165) is 65.0 Å². The van der Waals surface area contributed by atoms with Crippen LogP contribution in [0.2, 0.25) is 0 Å². The lowest BCUT2D eigenvalue weighted by Gasteiger charge is -2.49. The minimum absolute atomic E-state index is 0.0350. The molecule has 0 radical (unpaired) electrons. The number of nitrogens with zero attached hydrogens (tertiary/aromatic N) is 3. The summed E-state index contributed by atoms with van der Waals surface area (Å²) in [7, 11) is 5.35. The Balaban J connectivity index is 1.09. The van der Waals surface area contributed by atoms with E-state index in [9.17, 15) is 9.59 Å². The Kier molecular flexibility index (Phi) is 7.38. The highest BCUT2D eigenvalue weighted by molar-refractivity contribution is 5.83. The fourth-order valence-corrected chi connectivity index (χ4v) is 7.31. The molecular weight excluding hydrogens is 486 g/mol. The quantitative estimate of drug-likeness (QED) is 0.333. The Hall–Kier alpha value is -1.68. The van der Waals surface area contributed by atoms with Gasteiger partial charge in [0.25, 0.3) is 0 Å². The van der Waals surface area contributed by atoms with Crippen molar-refractivity contribution in [3.63, 3.8) is 0 Å². The molecule has 0 aromatic heterocycles. The van der Waals surface area contributed by atoms with Gasteiger partial charge in [0.1, 0.15) is 23.4 Å². The third kappa shape index (κ3) is 5.11. The van der Waals surface area contributed by atoms with Gasteiger partial charge in [-0.3, -0.25) is 4.79 Å². The summed E-state index contributed by atoms with van der Waals surface area (Å²) in [5, 5.41) is 0. The van der Waals surface area contributed by atoms with Gasteiger partial charge in [-0.25, -0.2) is 4.79 Å². The molecule has 9 nitrogen and oxygen atoms in total. The molecule has 5 aliphatic rings. The van der Waals surface area contributed by atoms with Gasteiger partial charge in [0.15, 0.2) is 0 Å². The zero-order valence-corrected chi connectivity index (χ0v) is 24.3. The number of methoxy groups -OCH3 is 1. The van der Waals surface area contributed by atoms with Crippen molar-refractivity contribution in [1.29, 1.82) is 0 Å². The Morgan fingerprint density at radius 2 is 1.84 bits per heavy atom. The molecule has 0 bridgehead atoms. The molecule has 6 atom stereocenters. The van der Waals surface area contributed by atoms with Gasteiger partial charge in [0.05, 0.1) is 24.0 Å². The lowest BCUT2D eigenvalue weighted by atomic mass is 9.68. The zero-order chi connectivity index (χ0) is 27.5. The number of hydrogen-bond acceptors (Lipinski definition) is 7. The van der Waals surface area contributed by atoms with Gasteiger partial charge in [0, 0.05) is 47.4 Å². The molecule has 9 heteroatoms. The maximum absolute atomic E-state index is 13.0. The smallest absolute Gasteiger partial charge is 0.410 e. The van der Waals surface area contributed by atoms with Crippen molar-refractivity contribution >= 4 is 12.0 Å². The molecule has 0 aromatic carbocycles. The van der Waals surface area contributed by atoms with Crippen LogP contribution >= 0.6 is 0 Å². The predicted molar refractivity (Wildman–Crippen MR) is 143 cm³/mol. The fourth-order valence-electron chi connectivity index (χ4n) is 7.31. The number of carbonyl (C=O) groups is 2. The molecule has 5 rings (SSSR count). The summed E-state index contributed by atoms with van der Waals surface area (Å²) in [6.07, 6.45) is 5.08. The third-order valence-corrected chi connectivity index (χ3v) is 9.63. The first kappa shape index (κ1) is 27.9. The lowest BCUT2D eigenvalue weighted by molar-refractivity contribution is -0.149. The van der Waals surface area contributed by atoms with Crippen LogP contribution in [-0.2, 0) is 23.7 Å². The van der Waals surface area contributed by atoms with Crippen LogP contribution in [0.5, 0.6) is 0 Å². The van der Waals surface area contributed by atoms with Crippen LogP contribution in [0, 0.1) is 17.3 Å². The number of ether oxygens (including phenoxy) is 4. The molecule has 4 unspecified atom stereocenters. The highest BCUT2D eigenvalue weighted by Crippen LogP contribution is 2.59. The molecule has 4 heterocycles. The molecule has 5 fully saturated rings. The number of epoxide rings is 2. The van der Waals surface area contributed by atoms with Crippen LogP contribution in [0.3, 0.4) is 0 Å². The van der Waals surface area contributed by atoms with Crippen LogP contribution in [0.1, 0.15) is 53.4 Å². The van der Waals surface area contributed by atoms with E-state index in [1.807, 2.05) is 25.9 Å². The molecule has 1 aliphatic carbocycles. The second-order valence-electron chi connectivity index (χ2n) is 13.3. The SMILES string of the molecule is COC1C(OC(=O)N2CC(CCN3CC(C)(C(=O)N(C)C)C3)C2)CCC2(CO2)C1[C@@]1(C)O[C@@H]1CC=C(C)C. The summed E-state index contributed by atoms with van der Waals surface area (Å²) < 4.78 is 24.4. The maximum atomic E-state index is 13.0. The van der Waals surface area contributed by atoms with E-state index >= 15 is 0 Å². The predicted octanol–water partition coefficient (Wildman–Crippen LogP) is 2.93. The van der Waals surface area contributed by atoms with Crippen molar-refractivity contribution in [2.24, 2.45) is 17.3 Å². The summed E-state index contributed by atoms with van der Waals surface area (Å²) in [5.41, 5.74) is 0.478. The largest absolute Gasteiger partial charge is 0.443 e. The summed E-state index contributed by atoms with van der Waals surface area (Å²) in [6.45, 7) is 13.2. The molecule has 1 spiro atoms. The average molecular weight is 534 g/mol. The molecular formula is C29H47N3O6. The first-order chi connectivity index (χ1) is 17.9. The molecule has 4 saturated heterocycles. The highest BCUT2D eigenvalue weighted by Gasteiger charge is 2.72. The third-order valence-electron chi connectivity index (χ3n) is 9.63. The van der Waals surface area contributed by atoms with E-state index in [2.05, 4.69) is 31.7 Å². The summed E-state index contributed by atoms with van der Waals surface area (Å²) >= 11 is 0. The molecule has 1 saturated carbocycles. The molecule has 214 valence electrons. The van der Waals surface area contributed by atoms with Gasteiger partial charge in [-0.1, -0.05) is 11.6 Å². The van der Waals surface area contributed by atoms with Gasteiger partial charge < -0.3 is 33.6 Å². The first-order valence-electron chi connectivity index (χ1n) is 14.3. The number of hydrogen-bond donors (Lipinski definition) is 0. The van der Waals surface area contributed by atoms with Gasteiger partial charge in [-0.05, 0) is 65.8 Å². The average Bonchev–Trinajstić information content (AvgIpc) is 3.72. The van der Waals surface area contributed by atoms with E-state index in [1.54, 1.807) is 12.0 Å². The van der Waals surface area contributed by atoms with Gasteiger partial charge in [0.2, 0.25) is 5.91 Å². The first-order valence-corrected chi connectivity index (χ1v) is 14.3. The monoisotopic (exact) mass is 533 g/mol. The van der Waals surface area contributed by atoms with Crippen molar-refractivity contribution in [2.45, 2.75) is 82.9 Å². The number of amides is 2. The second-order valence-corrected chi connectivity index (χ2v) is 13.3. The van der Waals surface area contributed by atoms with Crippen molar-refractivity contribution in [1.82, 2.24) is 14.7 Å². The Bertz CT molecular complexity index is 948. The van der Waals surface area contributed by atoms with Crippen LogP contribution in [0.25, 0.3) is 0 Å². The fraction of sp³-hybridized carbons (Fsp3) is 0.862. The minimum Gasteiger partial charge on any atom is -0.443 e. The topological polar surface area (TPSA) is 87.4 Å². The van der Waals surface area contributed by atoms with Crippen LogP contribution in [-0.4, -0.2) is 117 Å². The van der Waals surface area contributed by atoms with Crippen molar-refractivity contribution < 1.29 is 28.5 Å². The lowest BCUT2D eigenvalue weighted by Crippen LogP contribution is -2.62. The highest BCUT2D eigenvalue weighted by atomic mass is 16.6. The van der Waals surface area contributed by atoms with Crippen molar-refractivity contribution in [2.75, 3.05) is 60.5 Å². The summed E-state index contributed by atoms with van der Waals surface area (Å²) in [4.78, 5) is 31.2. The Morgan fingerprint density at radius 1 is 1.16 bits per heavy atom. The standard InChI is InChI=1S/C29H47N3O6/c1-19(2)8-9-22-28(4,38-22)24-23(35-7)21(10-12-29(24)18-36-29)37-26(34)32-14-20(15-32)11-13-31-16-27(3,17-31)25(33)30(5)6/h8,20-24H,9-18H2,1-7H3/t21?,22-,23?,24?,28+,29?/m1/s1. The van der Waals surface area contributed by atoms with Crippen molar-refractivity contribution in [3.8, 4) is 0 Å². The number of rotatable bonds is 9. The summed E-state index contributed by atoms with van der Waals surface area (Å²) in [5.74, 6) is 0.720. The van der Waals surface area contributed by atoms with Gasteiger partial charge >= 0.3 is 6.09 Å². The Labute approximate surface area is 227 Å². The van der Waals surface area contributed by atoms with E-state index < -0.39 is 0 Å². The second kappa shape index (κ2) is 10.1. The van der Waals surface area contributed by atoms with E-state index in [1.165, 1.54) is 5.57 Å².